The van der Waals surface area contributed by atoms with Crippen molar-refractivity contribution in [1.29, 1.82) is 0 Å². The van der Waals surface area contributed by atoms with Crippen molar-refractivity contribution < 1.29 is 19.1 Å². The van der Waals surface area contributed by atoms with Gasteiger partial charge >= 0.3 is 5.97 Å². The number of pyridine rings is 1. The average Bonchev–Trinajstić information content (AvgIpc) is 3.11. The molecule has 152 valence electrons. The molecule has 2 heterocycles. The van der Waals surface area contributed by atoms with E-state index in [4.69, 9.17) is 16.3 Å². The largest absolute Gasteiger partial charge is 0.452 e. The van der Waals surface area contributed by atoms with Crippen molar-refractivity contribution >= 4 is 35.2 Å². The fraction of sp³-hybridized carbons (Fsp3) is 0.333. The van der Waals surface area contributed by atoms with Crippen LogP contribution in [0.1, 0.15) is 31.9 Å². The molecule has 1 N–H and O–H groups in total. The number of anilines is 1. The number of ether oxygens (including phenoxy) is 1. The second kappa shape index (κ2) is 9.05. The van der Waals surface area contributed by atoms with E-state index in [9.17, 15) is 14.4 Å². The predicted octanol–water partition coefficient (Wildman–Crippen LogP) is 3.21. The number of amides is 2. The molecule has 7 nitrogen and oxygen atoms in total. The molecule has 0 unspecified atom stereocenters. The summed E-state index contributed by atoms with van der Waals surface area (Å²) in [5.41, 5.74) is 0.998. The third-order valence-corrected chi connectivity index (χ3v) is 5.11. The zero-order valence-corrected chi connectivity index (χ0v) is 16.9. The summed E-state index contributed by atoms with van der Waals surface area (Å²) in [5, 5.41) is 3.01. The first-order chi connectivity index (χ1) is 13.8. The minimum Gasteiger partial charge on any atom is -0.452 e. The lowest BCUT2D eigenvalue weighted by molar-refractivity contribution is -0.157. The Balaban J connectivity index is 1.55. The number of halogens is 1. The lowest BCUT2D eigenvalue weighted by atomic mass is 10.1. The van der Waals surface area contributed by atoms with Crippen LogP contribution in [0.5, 0.6) is 0 Å². The molecule has 3 rings (SSSR count). The maximum Gasteiger partial charge on any atom is 0.312 e. The number of hydrogen-bond donors (Lipinski definition) is 1. The second-order valence-corrected chi connectivity index (χ2v) is 7.40. The van der Waals surface area contributed by atoms with Crippen molar-refractivity contribution in [2.24, 2.45) is 5.92 Å². The number of carbonyl (C=O) groups excluding carboxylic acids is 3. The molecule has 1 aliphatic heterocycles. The van der Waals surface area contributed by atoms with Gasteiger partial charge in [-0.05, 0) is 31.5 Å². The molecule has 1 saturated heterocycles. The molecule has 0 saturated carbocycles. The Kier molecular flexibility index (Phi) is 6.49. The highest BCUT2D eigenvalue weighted by Crippen LogP contribution is 2.29. The third kappa shape index (κ3) is 5.12. The van der Waals surface area contributed by atoms with E-state index in [2.05, 4.69) is 10.3 Å². The summed E-state index contributed by atoms with van der Waals surface area (Å²) in [6.45, 7) is 3.67. The molecule has 1 fully saturated rings. The summed E-state index contributed by atoms with van der Waals surface area (Å²) in [5.74, 6) is -1.47. The lowest BCUT2D eigenvalue weighted by Crippen LogP contribution is -2.34. The maximum absolute atomic E-state index is 12.5. The van der Waals surface area contributed by atoms with Crippen molar-refractivity contribution in [3.8, 4) is 0 Å². The normalized spacial score (nSPS) is 18.2. The Labute approximate surface area is 174 Å². The van der Waals surface area contributed by atoms with E-state index in [1.54, 1.807) is 17.0 Å². The lowest BCUT2D eigenvalue weighted by Gasteiger charge is -2.25. The number of rotatable bonds is 6. The Bertz CT molecular complexity index is 889. The van der Waals surface area contributed by atoms with Crippen LogP contribution in [0.15, 0.2) is 48.7 Å². The molecule has 0 aliphatic carbocycles. The summed E-state index contributed by atoms with van der Waals surface area (Å²) < 4.78 is 5.29. The van der Waals surface area contributed by atoms with Crippen molar-refractivity contribution in [3.63, 3.8) is 0 Å². The van der Waals surface area contributed by atoms with Crippen LogP contribution in [0.25, 0.3) is 0 Å². The Morgan fingerprint density at radius 2 is 1.93 bits per heavy atom. The molecule has 1 aliphatic rings. The van der Waals surface area contributed by atoms with Gasteiger partial charge in [-0.1, -0.05) is 41.9 Å². The highest BCUT2D eigenvalue weighted by Gasteiger charge is 2.38. The summed E-state index contributed by atoms with van der Waals surface area (Å²) in [6, 6.07) is 12.6. The molecule has 3 atom stereocenters. The Hall–Kier alpha value is -2.93. The Morgan fingerprint density at radius 1 is 1.21 bits per heavy atom. The number of carbonyl (C=O) groups is 3. The van der Waals surface area contributed by atoms with Crippen LogP contribution >= 0.6 is 11.6 Å². The van der Waals surface area contributed by atoms with Crippen LogP contribution in [-0.2, 0) is 19.1 Å². The number of hydrogen-bond acceptors (Lipinski definition) is 5. The van der Waals surface area contributed by atoms with Gasteiger partial charge in [-0.3, -0.25) is 14.4 Å². The number of likely N-dealkylation sites (tertiary alicyclic amines) is 1. The molecule has 0 bridgehead atoms. The molecule has 2 amide bonds. The van der Waals surface area contributed by atoms with Gasteiger partial charge in [0.25, 0.3) is 5.91 Å². The smallest absolute Gasteiger partial charge is 0.312 e. The second-order valence-electron chi connectivity index (χ2n) is 6.96. The van der Waals surface area contributed by atoms with Crippen molar-refractivity contribution in [2.75, 3.05) is 11.9 Å². The molecule has 0 radical (unpaired) electrons. The van der Waals surface area contributed by atoms with Crippen molar-refractivity contribution in [2.45, 2.75) is 32.4 Å². The van der Waals surface area contributed by atoms with Gasteiger partial charge in [0, 0.05) is 19.2 Å². The molecule has 2 aromatic rings. The van der Waals surface area contributed by atoms with E-state index in [1.807, 2.05) is 37.3 Å². The number of esters is 1. The van der Waals surface area contributed by atoms with E-state index < -0.39 is 23.9 Å². The zero-order chi connectivity index (χ0) is 21.0. The van der Waals surface area contributed by atoms with Gasteiger partial charge in [0.2, 0.25) is 5.91 Å². The summed E-state index contributed by atoms with van der Waals surface area (Å²) >= 11 is 5.76. The van der Waals surface area contributed by atoms with Gasteiger partial charge in [-0.15, -0.1) is 0 Å². The first-order valence-corrected chi connectivity index (χ1v) is 9.70. The Morgan fingerprint density at radius 3 is 2.59 bits per heavy atom. The van der Waals surface area contributed by atoms with Gasteiger partial charge in [-0.2, -0.15) is 0 Å². The van der Waals surface area contributed by atoms with Crippen LogP contribution in [0.3, 0.4) is 0 Å². The minimum absolute atomic E-state index is 0.0725. The standard InChI is InChI=1S/C21H22ClN3O4/c1-13(15-6-4-3-5-7-15)25-12-16(10-19(25)26)21(28)29-14(2)20(27)24-18-9-8-17(22)11-23-18/h3-9,11,13-14,16H,10,12H2,1-2H3,(H,23,24,27)/t13-,14-,16+/m0/s1. The van der Waals surface area contributed by atoms with Gasteiger partial charge < -0.3 is 15.0 Å². The molecular weight excluding hydrogens is 394 g/mol. The van der Waals surface area contributed by atoms with E-state index in [0.717, 1.165) is 5.56 Å². The fourth-order valence-electron chi connectivity index (χ4n) is 3.18. The molecule has 29 heavy (non-hydrogen) atoms. The molecule has 1 aromatic carbocycles. The maximum atomic E-state index is 12.5. The van der Waals surface area contributed by atoms with Crippen molar-refractivity contribution in [1.82, 2.24) is 9.88 Å². The van der Waals surface area contributed by atoms with E-state index in [0.29, 0.717) is 10.8 Å². The summed E-state index contributed by atoms with van der Waals surface area (Å²) in [6.07, 6.45) is 0.458. The summed E-state index contributed by atoms with van der Waals surface area (Å²) in [7, 11) is 0. The van der Waals surface area contributed by atoms with Crippen LogP contribution in [0.4, 0.5) is 5.82 Å². The number of nitrogens with zero attached hydrogens (tertiary/aromatic N) is 2. The fourth-order valence-corrected chi connectivity index (χ4v) is 3.29. The van der Waals surface area contributed by atoms with Crippen LogP contribution in [0, 0.1) is 5.92 Å². The topological polar surface area (TPSA) is 88.6 Å². The third-order valence-electron chi connectivity index (χ3n) is 4.88. The molecule has 0 spiro atoms. The average molecular weight is 416 g/mol. The quantitative estimate of drug-likeness (QED) is 0.732. The number of benzene rings is 1. The van der Waals surface area contributed by atoms with Gasteiger partial charge in [-0.25, -0.2) is 4.98 Å². The van der Waals surface area contributed by atoms with Gasteiger partial charge in [0.15, 0.2) is 6.10 Å². The first-order valence-electron chi connectivity index (χ1n) is 9.32. The monoisotopic (exact) mass is 415 g/mol. The molecule has 8 heteroatoms. The van der Waals surface area contributed by atoms with E-state index in [1.165, 1.54) is 13.1 Å². The zero-order valence-electron chi connectivity index (χ0n) is 16.2. The van der Waals surface area contributed by atoms with Crippen LogP contribution < -0.4 is 5.32 Å². The minimum atomic E-state index is -1.02. The highest BCUT2D eigenvalue weighted by molar-refractivity contribution is 6.30. The van der Waals surface area contributed by atoms with Gasteiger partial charge in [0.05, 0.1) is 17.0 Å². The van der Waals surface area contributed by atoms with Gasteiger partial charge in [0.1, 0.15) is 5.82 Å². The SMILES string of the molecule is C[C@H](OC(=O)[C@@H]1CC(=O)N([C@@H](C)c2ccccc2)C1)C(=O)Nc1ccc(Cl)cn1. The molecular formula is C21H22ClN3O4. The van der Waals surface area contributed by atoms with Crippen LogP contribution in [-0.4, -0.2) is 40.3 Å². The molecule has 1 aromatic heterocycles. The highest BCUT2D eigenvalue weighted by atomic mass is 35.5. The predicted molar refractivity (Wildman–Crippen MR) is 108 cm³/mol. The summed E-state index contributed by atoms with van der Waals surface area (Å²) in [4.78, 5) is 42.8. The number of nitrogens with one attached hydrogen (secondary N) is 1. The van der Waals surface area contributed by atoms with Crippen molar-refractivity contribution in [3.05, 3.63) is 59.2 Å². The number of aromatic nitrogens is 1. The van der Waals surface area contributed by atoms with Crippen LogP contribution in [0.2, 0.25) is 5.02 Å². The first kappa shape index (κ1) is 20.8. The van der Waals surface area contributed by atoms with E-state index in [-0.39, 0.29) is 24.9 Å². The van der Waals surface area contributed by atoms with E-state index >= 15 is 0 Å².